The van der Waals surface area contributed by atoms with E-state index in [2.05, 4.69) is 0 Å². The van der Waals surface area contributed by atoms with E-state index in [-0.39, 0.29) is 19.0 Å². The molecule has 0 amide bonds. The first-order chi connectivity index (χ1) is 9.47. The van der Waals surface area contributed by atoms with Crippen LogP contribution in [0.3, 0.4) is 0 Å². The van der Waals surface area contributed by atoms with Crippen LogP contribution in [0.15, 0.2) is 30.3 Å². The fourth-order valence-corrected chi connectivity index (χ4v) is 2.32. The topological polar surface area (TPSA) is 77.8 Å². The van der Waals surface area contributed by atoms with Gasteiger partial charge in [-0.1, -0.05) is 37.3 Å². The van der Waals surface area contributed by atoms with Gasteiger partial charge in [0, 0.05) is 12.6 Å². The van der Waals surface area contributed by atoms with Crippen LogP contribution in [0.25, 0.3) is 0 Å². The van der Waals surface area contributed by atoms with Crippen LogP contribution >= 0.6 is 0 Å². The third-order valence-electron chi connectivity index (χ3n) is 3.44. The van der Waals surface area contributed by atoms with Crippen molar-refractivity contribution >= 4 is 11.9 Å². The lowest BCUT2D eigenvalue weighted by Crippen LogP contribution is -2.43. The Labute approximate surface area is 118 Å². The number of aliphatic carboxylic acids is 2. The molecule has 1 aromatic rings. The highest BCUT2D eigenvalue weighted by atomic mass is 16.4. The first-order valence-electron chi connectivity index (χ1n) is 6.72. The number of hydrogen-bond donors (Lipinski definition) is 2. The lowest BCUT2D eigenvalue weighted by atomic mass is 10.0. The van der Waals surface area contributed by atoms with Crippen molar-refractivity contribution in [2.24, 2.45) is 0 Å². The molecule has 0 aliphatic heterocycles. The number of hydrogen-bond acceptors (Lipinski definition) is 3. The van der Waals surface area contributed by atoms with Gasteiger partial charge in [0.2, 0.25) is 0 Å². The largest absolute Gasteiger partial charge is 0.481 e. The van der Waals surface area contributed by atoms with Gasteiger partial charge in [-0.3, -0.25) is 14.5 Å². The van der Waals surface area contributed by atoms with Crippen molar-refractivity contribution in [3.8, 4) is 0 Å². The van der Waals surface area contributed by atoms with E-state index >= 15 is 0 Å². The lowest BCUT2D eigenvalue weighted by molar-refractivity contribution is -0.146. The summed E-state index contributed by atoms with van der Waals surface area (Å²) in [5.74, 6) is -1.84. The Kier molecular flexibility index (Phi) is 6.18. The van der Waals surface area contributed by atoms with Crippen molar-refractivity contribution in [1.82, 2.24) is 4.90 Å². The zero-order chi connectivity index (χ0) is 15.1. The van der Waals surface area contributed by atoms with E-state index in [1.807, 2.05) is 37.3 Å². The Balaban J connectivity index is 2.96. The van der Waals surface area contributed by atoms with Gasteiger partial charge in [0.25, 0.3) is 0 Å². The Morgan fingerprint density at radius 1 is 1.20 bits per heavy atom. The van der Waals surface area contributed by atoms with Crippen LogP contribution in [0.4, 0.5) is 0 Å². The van der Waals surface area contributed by atoms with Gasteiger partial charge in [-0.2, -0.15) is 0 Å². The van der Waals surface area contributed by atoms with Gasteiger partial charge < -0.3 is 10.2 Å². The van der Waals surface area contributed by atoms with E-state index in [1.54, 1.807) is 11.8 Å². The number of carboxylic acids is 2. The average molecular weight is 279 g/mol. The van der Waals surface area contributed by atoms with Crippen LogP contribution in [0.1, 0.15) is 38.3 Å². The molecule has 2 N–H and O–H groups in total. The first kappa shape index (κ1) is 16.2. The molecule has 2 atom stereocenters. The Morgan fingerprint density at radius 2 is 1.80 bits per heavy atom. The molecular weight excluding hydrogens is 258 g/mol. The fraction of sp³-hybridized carbons (Fsp3) is 0.467. The maximum Gasteiger partial charge on any atom is 0.320 e. The van der Waals surface area contributed by atoms with Gasteiger partial charge in [-0.15, -0.1) is 0 Å². The summed E-state index contributed by atoms with van der Waals surface area (Å²) in [6, 6.07) is 8.71. The van der Waals surface area contributed by atoms with E-state index < -0.39 is 18.0 Å². The summed E-state index contributed by atoms with van der Waals surface area (Å²) in [5.41, 5.74) is 0.984. The van der Waals surface area contributed by atoms with E-state index in [4.69, 9.17) is 5.11 Å². The predicted molar refractivity (Wildman–Crippen MR) is 75.5 cm³/mol. The molecule has 5 nitrogen and oxygen atoms in total. The van der Waals surface area contributed by atoms with Crippen molar-refractivity contribution in [3.05, 3.63) is 35.9 Å². The summed E-state index contributed by atoms with van der Waals surface area (Å²) in [6.07, 6.45) is 0.368. The minimum atomic E-state index is -0.921. The van der Waals surface area contributed by atoms with Crippen LogP contribution in [0, 0.1) is 0 Å². The summed E-state index contributed by atoms with van der Waals surface area (Å²) in [5, 5.41) is 18.1. The number of carboxylic acid groups (broad SMARTS) is 2. The maximum absolute atomic E-state index is 11.4. The monoisotopic (exact) mass is 279 g/mol. The Morgan fingerprint density at radius 3 is 2.25 bits per heavy atom. The molecule has 5 heteroatoms. The lowest BCUT2D eigenvalue weighted by Gasteiger charge is -2.33. The molecule has 0 radical (unpaired) electrons. The van der Waals surface area contributed by atoms with Crippen LogP contribution in [-0.2, 0) is 9.59 Å². The van der Waals surface area contributed by atoms with Crippen molar-refractivity contribution in [1.29, 1.82) is 0 Å². The van der Waals surface area contributed by atoms with Crippen LogP contribution in [-0.4, -0.2) is 39.6 Å². The van der Waals surface area contributed by atoms with Gasteiger partial charge in [-0.05, 0) is 18.9 Å². The summed E-state index contributed by atoms with van der Waals surface area (Å²) in [6.45, 7) is 3.92. The van der Waals surface area contributed by atoms with Crippen molar-refractivity contribution in [2.45, 2.75) is 38.8 Å². The third-order valence-corrected chi connectivity index (χ3v) is 3.44. The number of nitrogens with zero attached hydrogens (tertiary/aromatic N) is 1. The predicted octanol–water partition coefficient (Wildman–Crippen LogP) is 2.39. The standard InChI is InChI=1S/C15H21NO4/c1-3-13(15(19)20)16(10-9-14(17)18)11(2)12-7-5-4-6-8-12/h4-8,11,13H,3,9-10H2,1-2H3,(H,17,18)(H,19,20). The van der Waals surface area contributed by atoms with Gasteiger partial charge in [0.05, 0.1) is 6.42 Å². The van der Waals surface area contributed by atoms with Crippen LogP contribution in [0.2, 0.25) is 0 Å². The van der Waals surface area contributed by atoms with Gasteiger partial charge in [0.15, 0.2) is 0 Å². The van der Waals surface area contributed by atoms with Gasteiger partial charge in [0.1, 0.15) is 6.04 Å². The van der Waals surface area contributed by atoms with E-state index in [0.29, 0.717) is 6.42 Å². The molecule has 0 saturated carbocycles. The fourth-order valence-electron chi connectivity index (χ4n) is 2.32. The second-order valence-electron chi connectivity index (χ2n) is 4.73. The average Bonchev–Trinajstić information content (AvgIpc) is 2.43. The third kappa shape index (κ3) is 4.35. The molecule has 0 aliphatic rings. The smallest absolute Gasteiger partial charge is 0.320 e. The van der Waals surface area contributed by atoms with Gasteiger partial charge >= 0.3 is 11.9 Å². The van der Waals surface area contributed by atoms with Crippen molar-refractivity contribution in [3.63, 3.8) is 0 Å². The molecule has 110 valence electrons. The van der Waals surface area contributed by atoms with Crippen molar-refractivity contribution < 1.29 is 19.8 Å². The SMILES string of the molecule is CCC(C(=O)O)N(CCC(=O)O)C(C)c1ccccc1. The molecule has 0 spiro atoms. The number of rotatable bonds is 8. The van der Waals surface area contributed by atoms with E-state index in [9.17, 15) is 14.7 Å². The molecule has 0 bridgehead atoms. The molecule has 0 heterocycles. The zero-order valence-electron chi connectivity index (χ0n) is 11.8. The molecule has 0 fully saturated rings. The zero-order valence-corrected chi connectivity index (χ0v) is 11.8. The first-order valence-corrected chi connectivity index (χ1v) is 6.72. The summed E-state index contributed by atoms with van der Waals surface area (Å²) in [4.78, 5) is 23.9. The number of benzene rings is 1. The highest BCUT2D eigenvalue weighted by Crippen LogP contribution is 2.24. The normalized spacial score (nSPS) is 13.9. The summed E-state index contributed by atoms with van der Waals surface area (Å²) >= 11 is 0. The Bertz CT molecular complexity index is 446. The maximum atomic E-state index is 11.4. The molecule has 20 heavy (non-hydrogen) atoms. The minimum absolute atomic E-state index is 0.0685. The summed E-state index contributed by atoms with van der Waals surface area (Å²) < 4.78 is 0. The van der Waals surface area contributed by atoms with Crippen LogP contribution < -0.4 is 0 Å². The molecule has 1 rings (SSSR count). The second kappa shape index (κ2) is 7.65. The van der Waals surface area contributed by atoms with Gasteiger partial charge in [-0.25, -0.2) is 0 Å². The van der Waals surface area contributed by atoms with Crippen molar-refractivity contribution in [2.75, 3.05) is 6.54 Å². The molecule has 1 aromatic carbocycles. The van der Waals surface area contributed by atoms with E-state index in [0.717, 1.165) is 5.56 Å². The molecule has 0 aliphatic carbocycles. The highest BCUT2D eigenvalue weighted by molar-refractivity contribution is 5.73. The minimum Gasteiger partial charge on any atom is -0.481 e. The molecule has 2 unspecified atom stereocenters. The number of carbonyl (C=O) groups is 2. The molecule has 0 aromatic heterocycles. The van der Waals surface area contributed by atoms with E-state index in [1.165, 1.54) is 0 Å². The summed E-state index contributed by atoms with van der Waals surface area (Å²) in [7, 11) is 0. The molecular formula is C15H21NO4. The highest BCUT2D eigenvalue weighted by Gasteiger charge is 2.28. The van der Waals surface area contributed by atoms with Crippen LogP contribution in [0.5, 0.6) is 0 Å². The Hall–Kier alpha value is -1.88. The molecule has 0 saturated heterocycles. The second-order valence-corrected chi connectivity index (χ2v) is 4.73. The quantitative estimate of drug-likeness (QED) is 0.764.